The van der Waals surface area contributed by atoms with Gasteiger partial charge in [-0.25, -0.2) is 0 Å². The average molecular weight is 296 g/mol. The van der Waals surface area contributed by atoms with Crippen LogP contribution in [0, 0.1) is 0 Å². The van der Waals surface area contributed by atoms with E-state index in [1.54, 1.807) is 17.0 Å². The first-order valence-corrected chi connectivity index (χ1v) is 6.89. The molecule has 0 fully saturated rings. The molecule has 3 N–H and O–H groups in total. The number of methoxy groups -OCH3 is 2. The maximum absolute atomic E-state index is 12.6. The van der Waals surface area contributed by atoms with Crippen molar-refractivity contribution in [2.75, 3.05) is 33.1 Å². The summed E-state index contributed by atoms with van der Waals surface area (Å²) < 4.78 is 10.4. The predicted molar refractivity (Wildman–Crippen MR) is 81.8 cm³/mol. The van der Waals surface area contributed by atoms with Gasteiger partial charge in [0, 0.05) is 30.9 Å². The van der Waals surface area contributed by atoms with E-state index in [1.807, 2.05) is 13.8 Å². The van der Waals surface area contributed by atoms with E-state index in [0.29, 0.717) is 35.7 Å². The topological polar surface area (TPSA) is 85.0 Å². The monoisotopic (exact) mass is 296 g/mol. The van der Waals surface area contributed by atoms with Crippen molar-refractivity contribution in [3.05, 3.63) is 17.7 Å². The maximum atomic E-state index is 12.6. The number of nitrogen functional groups attached to an aromatic ring is 1. The van der Waals surface area contributed by atoms with Crippen molar-refractivity contribution in [2.45, 2.75) is 26.3 Å². The van der Waals surface area contributed by atoms with Crippen molar-refractivity contribution < 1.29 is 19.4 Å². The second-order valence-corrected chi connectivity index (χ2v) is 4.96. The molecule has 0 aromatic heterocycles. The smallest absolute Gasteiger partial charge is 0.256 e. The van der Waals surface area contributed by atoms with E-state index in [2.05, 4.69) is 0 Å². The fourth-order valence-corrected chi connectivity index (χ4v) is 2.07. The maximum Gasteiger partial charge on any atom is 0.256 e. The van der Waals surface area contributed by atoms with Crippen LogP contribution < -0.4 is 15.2 Å². The Labute approximate surface area is 125 Å². The quantitative estimate of drug-likeness (QED) is 0.745. The molecule has 1 rings (SSSR count). The van der Waals surface area contributed by atoms with E-state index >= 15 is 0 Å². The number of carbonyl (C=O) groups is 1. The number of carbonyl (C=O) groups excluding carboxylic acids is 1. The zero-order valence-corrected chi connectivity index (χ0v) is 13.0. The molecule has 0 atom stereocenters. The Hall–Kier alpha value is -1.95. The summed E-state index contributed by atoms with van der Waals surface area (Å²) in [6.45, 7) is 4.36. The molecule has 0 saturated heterocycles. The molecule has 1 amide bonds. The van der Waals surface area contributed by atoms with Gasteiger partial charge >= 0.3 is 0 Å². The molecule has 6 heteroatoms. The van der Waals surface area contributed by atoms with Crippen LogP contribution in [0.1, 0.15) is 30.6 Å². The van der Waals surface area contributed by atoms with Crippen molar-refractivity contribution in [2.24, 2.45) is 0 Å². The highest BCUT2D eigenvalue weighted by molar-refractivity contribution is 6.00. The number of rotatable bonds is 7. The second-order valence-electron chi connectivity index (χ2n) is 4.96. The Balaban J connectivity index is 3.15. The van der Waals surface area contributed by atoms with Crippen molar-refractivity contribution in [3.8, 4) is 11.5 Å². The van der Waals surface area contributed by atoms with E-state index in [9.17, 15) is 4.79 Å². The lowest BCUT2D eigenvalue weighted by molar-refractivity contribution is 0.0694. The zero-order chi connectivity index (χ0) is 16.0. The third-order valence-electron chi connectivity index (χ3n) is 3.23. The van der Waals surface area contributed by atoms with Gasteiger partial charge in [-0.05, 0) is 26.3 Å². The lowest BCUT2D eigenvalue weighted by Gasteiger charge is -2.27. The number of amides is 1. The lowest BCUT2D eigenvalue weighted by Crippen LogP contribution is -2.38. The Morgan fingerprint density at radius 1 is 1.29 bits per heavy atom. The highest BCUT2D eigenvalue weighted by Crippen LogP contribution is 2.32. The molecule has 0 radical (unpaired) electrons. The summed E-state index contributed by atoms with van der Waals surface area (Å²) in [5.41, 5.74) is 6.67. The van der Waals surface area contributed by atoms with Crippen LogP contribution in [0.5, 0.6) is 11.5 Å². The minimum Gasteiger partial charge on any atom is -0.493 e. The van der Waals surface area contributed by atoms with Crippen LogP contribution in [-0.4, -0.2) is 49.3 Å². The third kappa shape index (κ3) is 4.01. The molecule has 0 aliphatic rings. The number of aliphatic hydroxyl groups excluding tert-OH is 1. The van der Waals surface area contributed by atoms with Gasteiger partial charge < -0.3 is 25.2 Å². The Bertz CT molecular complexity index is 489. The standard InChI is InChI=1S/C15H24N2O4/c1-10(2)17(6-5-7-18)15(19)11-8-13(20-3)14(21-4)9-12(11)16/h8-10,18H,5-7,16H2,1-4H3. The molecule has 6 nitrogen and oxygen atoms in total. The second kappa shape index (κ2) is 7.73. The summed E-state index contributed by atoms with van der Waals surface area (Å²) in [4.78, 5) is 14.3. The SMILES string of the molecule is COc1cc(N)c(C(=O)N(CCCO)C(C)C)cc1OC. The van der Waals surface area contributed by atoms with Gasteiger partial charge in [0.2, 0.25) is 0 Å². The summed E-state index contributed by atoms with van der Waals surface area (Å²) >= 11 is 0. The van der Waals surface area contributed by atoms with Crippen molar-refractivity contribution in [1.29, 1.82) is 0 Å². The van der Waals surface area contributed by atoms with E-state index in [0.717, 1.165) is 0 Å². The fourth-order valence-electron chi connectivity index (χ4n) is 2.07. The van der Waals surface area contributed by atoms with Crippen LogP contribution in [0.15, 0.2) is 12.1 Å². The van der Waals surface area contributed by atoms with Gasteiger partial charge in [-0.1, -0.05) is 0 Å². The Morgan fingerprint density at radius 2 is 1.86 bits per heavy atom. The van der Waals surface area contributed by atoms with Gasteiger partial charge in [0.05, 0.1) is 19.8 Å². The molecule has 1 aromatic carbocycles. The molecule has 0 saturated carbocycles. The van der Waals surface area contributed by atoms with Gasteiger partial charge in [0.25, 0.3) is 5.91 Å². The van der Waals surface area contributed by atoms with E-state index < -0.39 is 0 Å². The minimum absolute atomic E-state index is 0.0107. The third-order valence-corrected chi connectivity index (χ3v) is 3.23. The lowest BCUT2D eigenvalue weighted by atomic mass is 10.1. The molecule has 0 heterocycles. The number of aliphatic hydroxyl groups is 1. The molecule has 0 aliphatic heterocycles. The number of ether oxygens (including phenoxy) is 2. The van der Waals surface area contributed by atoms with Gasteiger partial charge in [0.1, 0.15) is 0 Å². The van der Waals surface area contributed by atoms with Crippen LogP contribution in [0.25, 0.3) is 0 Å². The van der Waals surface area contributed by atoms with Crippen LogP contribution in [0.3, 0.4) is 0 Å². The van der Waals surface area contributed by atoms with Gasteiger partial charge in [-0.15, -0.1) is 0 Å². The highest BCUT2D eigenvalue weighted by atomic mass is 16.5. The largest absolute Gasteiger partial charge is 0.493 e. The van der Waals surface area contributed by atoms with E-state index in [1.165, 1.54) is 14.2 Å². The van der Waals surface area contributed by atoms with Gasteiger partial charge in [0.15, 0.2) is 11.5 Å². The first kappa shape index (κ1) is 17.1. The van der Waals surface area contributed by atoms with Crippen LogP contribution in [-0.2, 0) is 0 Å². The molecular formula is C15H24N2O4. The van der Waals surface area contributed by atoms with Gasteiger partial charge in [-0.2, -0.15) is 0 Å². The van der Waals surface area contributed by atoms with Crippen molar-refractivity contribution in [1.82, 2.24) is 4.90 Å². The Morgan fingerprint density at radius 3 is 2.33 bits per heavy atom. The first-order valence-electron chi connectivity index (χ1n) is 6.89. The van der Waals surface area contributed by atoms with Crippen LogP contribution in [0.4, 0.5) is 5.69 Å². The van der Waals surface area contributed by atoms with Gasteiger partial charge in [-0.3, -0.25) is 4.79 Å². The van der Waals surface area contributed by atoms with Crippen molar-refractivity contribution >= 4 is 11.6 Å². The average Bonchev–Trinajstić information content (AvgIpc) is 2.46. The molecule has 118 valence electrons. The number of nitrogens with two attached hydrogens (primary N) is 1. The molecule has 1 aromatic rings. The summed E-state index contributed by atoms with van der Waals surface area (Å²) in [5, 5.41) is 8.96. The van der Waals surface area contributed by atoms with Crippen LogP contribution in [0.2, 0.25) is 0 Å². The highest BCUT2D eigenvalue weighted by Gasteiger charge is 2.22. The Kier molecular flexibility index (Phi) is 6.30. The molecule has 21 heavy (non-hydrogen) atoms. The summed E-state index contributed by atoms with van der Waals surface area (Å²) in [6, 6.07) is 3.18. The predicted octanol–water partition coefficient (Wildman–Crippen LogP) is 1.52. The zero-order valence-electron chi connectivity index (χ0n) is 13.0. The number of nitrogens with zero attached hydrogens (tertiary/aromatic N) is 1. The number of anilines is 1. The van der Waals surface area contributed by atoms with Crippen molar-refractivity contribution in [3.63, 3.8) is 0 Å². The summed E-state index contributed by atoms with van der Waals surface area (Å²) in [7, 11) is 3.02. The molecule has 0 unspecified atom stereocenters. The summed E-state index contributed by atoms with van der Waals surface area (Å²) in [5.74, 6) is 0.760. The molecular weight excluding hydrogens is 272 g/mol. The fraction of sp³-hybridized carbons (Fsp3) is 0.533. The minimum atomic E-state index is -0.183. The van der Waals surface area contributed by atoms with Crippen LogP contribution >= 0.6 is 0 Å². The summed E-state index contributed by atoms with van der Waals surface area (Å²) in [6.07, 6.45) is 0.525. The normalized spacial score (nSPS) is 10.6. The first-order chi connectivity index (χ1) is 9.96. The molecule has 0 bridgehead atoms. The molecule has 0 aliphatic carbocycles. The number of benzene rings is 1. The number of hydrogen-bond donors (Lipinski definition) is 2. The van der Waals surface area contributed by atoms with E-state index in [-0.39, 0.29) is 18.6 Å². The van der Waals surface area contributed by atoms with E-state index in [4.69, 9.17) is 20.3 Å². The molecule has 0 spiro atoms. The number of hydrogen-bond acceptors (Lipinski definition) is 5.